The third-order valence-corrected chi connectivity index (χ3v) is 17.2. The molecule has 0 aliphatic heterocycles. The molecule has 3 aromatic heterocycles. The highest BCUT2D eigenvalue weighted by atomic mass is 32.1. The van der Waals surface area contributed by atoms with Gasteiger partial charge in [-0.2, -0.15) is 0 Å². The van der Waals surface area contributed by atoms with Crippen LogP contribution in [-0.2, 0) is 10.8 Å². The molecular weight excluding hydrogens is 893 g/mol. The summed E-state index contributed by atoms with van der Waals surface area (Å²) >= 11 is 1.82. The van der Waals surface area contributed by atoms with Crippen LogP contribution in [-0.4, -0.2) is 19.5 Å². The summed E-state index contributed by atoms with van der Waals surface area (Å²) in [6.45, 7) is 9.33. The highest BCUT2D eigenvalue weighted by Crippen LogP contribution is 2.53. The minimum absolute atomic E-state index is 0.170. The van der Waals surface area contributed by atoms with Crippen LogP contribution >= 0.6 is 11.3 Å². The molecule has 0 unspecified atom stereocenters. The van der Waals surface area contributed by atoms with Crippen molar-refractivity contribution >= 4 is 64.1 Å². The molecule has 13 aromatic rings. The molecule has 0 atom stereocenters. The van der Waals surface area contributed by atoms with Crippen molar-refractivity contribution in [2.24, 2.45) is 0 Å². The van der Waals surface area contributed by atoms with Crippen molar-refractivity contribution in [1.82, 2.24) is 19.5 Å². The third-order valence-electron chi connectivity index (χ3n) is 16.0. The molecule has 0 saturated heterocycles. The molecule has 2 aliphatic rings. The van der Waals surface area contributed by atoms with Crippen molar-refractivity contribution in [3.05, 3.63) is 229 Å². The number of hydrogen-bond acceptors (Lipinski definition) is 4. The van der Waals surface area contributed by atoms with Gasteiger partial charge in [-0.05, 0) is 109 Å². The molecule has 3 heterocycles. The van der Waals surface area contributed by atoms with Crippen LogP contribution in [0.4, 0.5) is 0 Å². The van der Waals surface area contributed by atoms with Gasteiger partial charge in [-0.1, -0.05) is 191 Å². The van der Waals surface area contributed by atoms with E-state index in [1.54, 1.807) is 0 Å². The molecule has 15 rings (SSSR count). The Labute approximate surface area is 421 Å². The largest absolute Gasteiger partial charge is 0.309 e. The Bertz CT molecular complexity index is 4460. The lowest BCUT2D eigenvalue weighted by Crippen LogP contribution is -2.17. The molecule has 0 radical (unpaired) electrons. The fourth-order valence-corrected chi connectivity index (χ4v) is 13.8. The maximum Gasteiger partial charge on any atom is 0.165 e. The third kappa shape index (κ3) is 5.83. The SMILES string of the molecule is CC1(C)c2ccccc2-c2ccc(-c3nc(-c4cccc5c4C(C)(C)c4ccccc4-5)nc(-c4cccc5c4sc4cc(-n6c7ccc(-c8ccccc8)cc7c7c8ccccc8ccc76)ccc45)n3)cc21. The Balaban J connectivity index is 0.928. The lowest BCUT2D eigenvalue weighted by Gasteiger charge is -2.24. The summed E-state index contributed by atoms with van der Waals surface area (Å²) < 4.78 is 4.82. The molecule has 72 heavy (non-hydrogen) atoms. The van der Waals surface area contributed by atoms with Gasteiger partial charge in [-0.15, -0.1) is 11.3 Å². The van der Waals surface area contributed by atoms with Crippen molar-refractivity contribution in [2.45, 2.75) is 38.5 Å². The Morgan fingerprint density at radius 3 is 1.85 bits per heavy atom. The summed E-state index contributed by atoms with van der Waals surface area (Å²) in [5.74, 6) is 2.03. The standard InChI is InChI=1S/C67H46N4S/c1-66(2)54-26-12-10-20-45(54)47-32-28-42(37-56(47)66)63-68-64(51-24-14-22-49-46-21-11-13-27-55(46)67(3,4)61(49)51)70-65(69-63)52-25-15-23-50-48-33-31-43(38-59(48)72-62(50)52)71-57-34-30-41(39-16-6-5-7-17-39)36-53(57)60-44-19-9-8-18-40(44)29-35-58(60)71/h5-38H,1-4H3. The number of rotatable bonds is 5. The van der Waals surface area contributed by atoms with Crippen molar-refractivity contribution in [3.63, 3.8) is 0 Å². The molecule has 0 bridgehead atoms. The normalized spacial score (nSPS) is 14.1. The minimum Gasteiger partial charge on any atom is -0.309 e. The van der Waals surface area contributed by atoms with Crippen LogP contribution in [0.1, 0.15) is 49.9 Å². The van der Waals surface area contributed by atoms with Crippen LogP contribution in [0.2, 0.25) is 0 Å². The van der Waals surface area contributed by atoms with Crippen LogP contribution in [0.15, 0.2) is 206 Å². The molecule has 0 N–H and O–H groups in total. The first kappa shape index (κ1) is 41.3. The van der Waals surface area contributed by atoms with Gasteiger partial charge in [0.1, 0.15) is 0 Å². The zero-order valence-electron chi connectivity index (χ0n) is 40.3. The van der Waals surface area contributed by atoms with E-state index in [-0.39, 0.29) is 10.8 Å². The molecule has 0 spiro atoms. The monoisotopic (exact) mass is 938 g/mol. The van der Waals surface area contributed by atoms with E-state index in [2.05, 4.69) is 239 Å². The molecule has 2 aliphatic carbocycles. The van der Waals surface area contributed by atoms with Crippen LogP contribution in [0.5, 0.6) is 0 Å². The zero-order valence-corrected chi connectivity index (χ0v) is 41.1. The van der Waals surface area contributed by atoms with E-state index >= 15 is 0 Å². The number of fused-ring (bicyclic) bond motifs is 14. The summed E-state index contributed by atoms with van der Waals surface area (Å²) in [7, 11) is 0. The Morgan fingerprint density at radius 2 is 1.00 bits per heavy atom. The van der Waals surface area contributed by atoms with Crippen molar-refractivity contribution in [1.29, 1.82) is 0 Å². The van der Waals surface area contributed by atoms with Gasteiger partial charge in [-0.25, -0.2) is 15.0 Å². The van der Waals surface area contributed by atoms with E-state index in [0.29, 0.717) is 17.5 Å². The first-order valence-electron chi connectivity index (χ1n) is 24.9. The van der Waals surface area contributed by atoms with Gasteiger partial charge in [-0.3, -0.25) is 0 Å². The van der Waals surface area contributed by atoms with Gasteiger partial charge >= 0.3 is 0 Å². The second kappa shape index (κ2) is 15.0. The molecule has 4 nitrogen and oxygen atoms in total. The molecule has 0 amide bonds. The Morgan fingerprint density at radius 1 is 0.375 bits per heavy atom. The first-order valence-corrected chi connectivity index (χ1v) is 25.7. The minimum atomic E-state index is -0.254. The van der Waals surface area contributed by atoms with Gasteiger partial charge < -0.3 is 4.57 Å². The topological polar surface area (TPSA) is 43.6 Å². The fraction of sp³-hybridized carbons (Fsp3) is 0.0896. The average molecular weight is 939 g/mol. The highest BCUT2D eigenvalue weighted by Gasteiger charge is 2.39. The number of benzene rings is 10. The lowest BCUT2D eigenvalue weighted by molar-refractivity contribution is 0.660. The first-order chi connectivity index (χ1) is 35.2. The van der Waals surface area contributed by atoms with Crippen molar-refractivity contribution < 1.29 is 0 Å². The van der Waals surface area contributed by atoms with Crippen molar-refractivity contribution in [3.8, 4) is 73.2 Å². The second-order valence-corrected chi connectivity index (χ2v) is 21.8. The van der Waals surface area contributed by atoms with Crippen molar-refractivity contribution in [2.75, 3.05) is 0 Å². The Hall–Kier alpha value is -8.51. The maximum absolute atomic E-state index is 5.52. The fourth-order valence-electron chi connectivity index (χ4n) is 12.6. The van der Waals surface area contributed by atoms with E-state index in [1.165, 1.54) is 104 Å². The van der Waals surface area contributed by atoms with E-state index in [4.69, 9.17) is 15.0 Å². The van der Waals surface area contributed by atoms with Gasteiger partial charge in [0.15, 0.2) is 17.5 Å². The summed E-state index contributed by atoms with van der Waals surface area (Å²) in [6.07, 6.45) is 0. The predicted octanol–water partition coefficient (Wildman–Crippen LogP) is 17.8. The zero-order chi connectivity index (χ0) is 48.0. The molecule has 10 aromatic carbocycles. The van der Waals surface area contributed by atoms with Crippen LogP contribution < -0.4 is 0 Å². The molecule has 340 valence electrons. The van der Waals surface area contributed by atoms with Gasteiger partial charge in [0, 0.05) is 64.2 Å². The second-order valence-electron chi connectivity index (χ2n) is 20.7. The predicted molar refractivity (Wildman–Crippen MR) is 301 cm³/mol. The summed E-state index contributed by atoms with van der Waals surface area (Å²) in [6, 6.07) is 75.6. The number of nitrogens with zero attached hydrogens (tertiary/aromatic N) is 4. The number of hydrogen-bond donors (Lipinski definition) is 0. The summed E-state index contributed by atoms with van der Waals surface area (Å²) in [5, 5.41) is 7.42. The van der Waals surface area contributed by atoms with E-state index in [0.717, 1.165) is 27.1 Å². The molecule has 0 saturated carbocycles. The quantitative estimate of drug-likeness (QED) is 0.173. The molecular formula is C67H46N4S. The smallest absolute Gasteiger partial charge is 0.165 e. The van der Waals surface area contributed by atoms with Crippen LogP contribution in [0.25, 0.3) is 126 Å². The highest BCUT2D eigenvalue weighted by molar-refractivity contribution is 7.26. The van der Waals surface area contributed by atoms with E-state index in [1.807, 2.05) is 11.3 Å². The summed E-state index contributed by atoms with van der Waals surface area (Å²) in [5.41, 5.74) is 18.8. The summed E-state index contributed by atoms with van der Waals surface area (Å²) in [4.78, 5) is 16.5. The number of thiophene rings is 1. The molecule has 5 heteroatoms. The molecule has 0 fully saturated rings. The van der Waals surface area contributed by atoms with Crippen LogP contribution in [0, 0.1) is 0 Å². The maximum atomic E-state index is 5.52. The number of aromatic nitrogens is 4. The van der Waals surface area contributed by atoms with Gasteiger partial charge in [0.2, 0.25) is 0 Å². The van der Waals surface area contributed by atoms with Gasteiger partial charge in [0.25, 0.3) is 0 Å². The average Bonchev–Trinajstić information content (AvgIpc) is 4.11. The van der Waals surface area contributed by atoms with E-state index in [9.17, 15) is 0 Å². The van der Waals surface area contributed by atoms with Gasteiger partial charge in [0.05, 0.1) is 11.0 Å². The van der Waals surface area contributed by atoms with E-state index < -0.39 is 0 Å². The van der Waals surface area contributed by atoms with Crippen LogP contribution in [0.3, 0.4) is 0 Å². The Kier molecular flexibility index (Phi) is 8.60. The lowest BCUT2D eigenvalue weighted by atomic mass is 9.80.